The summed E-state index contributed by atoms with van der Waals surface area (Å²) in [5.74, 6) is 0.741. The number of carbonyl (C=O) groups excluding carboxylic acids is 2. The minimum absolute atomic E-state index is 0.00456. The van der Waals surface area contributed by atoms with E-state index in [0.29, 0.717) is 43.8 Å². The molecule has 132 valence electrons. The van der Waals surface area contributed by atoms with Crippen molar-refractivity contribution in [3.05, 3.63) is 29.6 Å². The van der Waals surface area contributed by atoms with Gasteiger partial charge in [0.05, 0.1) is 23.1 Å². The van der Waals surface area contributed by atoms with E-state index in [1.807, 2.05) is 19.1 Å². The lowest BCUT2D eigenvalue weighted by Crippen LogP contribution is -2.49. The Morgan fingerprint density at radius 1 is 1.44 bits per heavy atom. The minimum atomic E-state index is -0.544. The maximum atomic E-state index is 13.2. The number of fused-ring (bicyclic) bond motifs is 2. The summed E-state index contributed by atoms with van der Waals surface area (Å²) >= 11 is 0. The minimum Gasteiger partial charge on any atom is -0.381 e. The Kier molecular flexibility index (Phi) is 3.76. The Morgan fingerprint density at radius 3 is 3.08 bits per heavy atom. The number of likely N-dealkylation sites (tertiary alicyclic amines) is 1. The monoisotopic (exact) mass is 342 g/mol. The molecule has 1 aromatic heterocycles. The van der Waals surface area contributed by atoms with Crippen molar-refractivity contribution in [3.63, 3.8) is 0 Å². The van der Waals surface area contributed by atoms with Crippen molar-refractivity contribution < 1.29 is 14.3 Å². The van der Waals surface area contributed by atoms with Crippen LogP contribution in [0.25, 0.3) is 11.0 Å². The Balaban J connectivity index is 1.68. The second kappa shape index (κ2) is 5.84. The number of benzene rings is 1. The second-order valence-corrected chi connectivity index (χ2v) is 6.97. The van der Waals surface area contributed by atoms with E-state index in [0.717, 1.165) is 11.3 Å². The number of ether oxygens (including phenoxy) is 1. The quantitative estimate of drug-likeness (QED) is 0.855. The van der Waals surface area contributed by atoms with Crippen LogP contribution in [0.1, 0.15) is 22.6 Å². The molecule has 0 radical (unpaired) electrons. The number of H-pyrrole nitrogens is 1. The lowest BCUT2D eigenvalue weighted by Gasteiger charge is -2.36. The first kappa shape index (κ1) is 16.1. The average molecular weight is 342 g/mol. The standard InChI is InChI=1S/C18H22N4O3/c1-11-20-14-5-3-4-13(15(14)21-11)16(23)22-8-12-9-25-7-6-18(12,10-22)17(24)19-2/h3-5,12H,6-10H2,1-2H3,(H,19,24)(H,20,21)/t12-,18+/m1/s1. The fourth-order valence-electron chi connectivity index (χ4n) is 4.22. The van der Waals surface area contributed by atoms with Gasteiger partial charge in [-0.1, -0.05) is 6.07 Å². The van der Waals surface area contributed by atoms with Crippen LogP contribution in [0.2, 0.25) is 0 Å². The summed E-state index contributed by atoms with van der Waals surface area (Å²) in [6.45, 7) is 3.91. The zero-order chi connectivity index (χ0) is 17.6. The maximum Gasteiger partial charge on any atom is 0.256 e. The number of nitrogens with zero attached hydrogens (tertiary/aromatic N) is 2. The topological polar surface area (TPSA) is 87.3 Å². The van der Waals surface area contributed by atoms with Gasteiger partial charge in [0.25, 0.3) is 5.91 Å². The van der Waals surface area contributed by atoms with Crippen molar-refractivity contribution in [3.8, 4) is 0 Å². The summed E-state index contributed by atoms with van der Waals surface area (Å²) in [6.07, 6.45) is 0.646. The third-order valence-corrected chi connectivity index (χ3v) is 5.53. The number of para-hydroxylation sites is 1. The summed E-state index contributed by atoms with van der Waals surface area (Å²) in [4.78, 5) is 35.1. The van der Waals surface area contributed by atoms with Crippen LogP contribution in [0.4, 0.5) is 0 Å². The van der Waals surface area contributed by atoms with Crippen molar-refractivity contribution in [2.45, 2.75) is 13.3 Å². The highest BCUT2D eigenvalue weighted by molar-refractivity contribution is 6.05. The van der Waals surface area contributed by atoms with E-state index < -0.39 is 5.41 Å². The molecule has 2 aromatic rings. The van der Waals surface area contributed by atoms with Crippen molar-refractivity contribution >= 4 is 22.8 Å². The first-order chi connectivity index (χ1) is 12.0. The third-order valence-electron chi connectivity index (χ3n) is 5.53. The number of nitrogens with one attached hydrogen (secondary N) is 2. The normalized spacial score (nSPS) is 25.8. The number of aromatic nitrogens is 2. The Hall–Kier alpha value is -2.41. The van der Waals surface area contributed by atoms with Crippen molar-refractivity contribution in [2.75, 3.05) is 33.4 Å². The van der Waals surface area contributed by atoms with Gasteiger partial charge < -0.3 is 19.9 Å². The number of imidazole rings is 1. The number of hydrogen-bond donors (Lipinski definition) is 2. The highest BCUT2D eigenvalue weighted by Crippen LogP contribution is 2.43. The zero-order valence-corrected chi connectivity index (χ0v) is 14.5. The van der Waals surface area contributed by atoms with Gasteiger partial charge >= 0.3 is 0 Å². The molecule has 7 nitrogen and oxygen atoms in total. The van der Waals surface area contributed by atoms with Crippen molar-refractivity contribution in [2.24, 2.45) is 11.3 Å². The molecule has 2 fully saturated rings. The Bertz CT molecular complexity index is 846. The van der Waals surface area contributed by atoms with Crippen LogP contribution in [0.15, 0.2) is 18.2 Å². The van der Waals surface area contributed by atoms with E-state index in [-0.39, 0.29) is 17.7 Å². The van der Waals surface area contributed by atoms with Crippen LogP contribution < -0.4 is 5.32 Å². The first-order valence-corrected chi connectivity index (χ1v) is 8.60. The molecule has 1 aromatic carbocycles. The summed E-state index contributed by atoms with van der Waals surface area (Å²) in [5, 5.41) is 2.78. The smallest absolute Gasteiger partial charge is 0.256 e. The molecule has 0 spiro atoms. The lowest BCUT2D eigenvalue weighted by molar-refractivity contribution is -0.138. The molecule has 0 bridgehead atoms. The van der Waals surface area contributed by atoms with Gasteiger partial charge in [-0.3, -0.25) is 9.59 Å². The fourth-order valence-corrected chi connectivity index (χ4v) is 4.22. The second-order valence-electron chi connectivity index (χ2n) is 6.97. The van der Waals surface area contributed by atoms with Gasteiger partial charge in [0.15, 0.2) is 0 Å². The molecule has 2 aliphatic heterocycles. The largest absolute Gasteiger partial charge is 0.381 e. The van der Waals surface area contributed by atoms with Gasteiger partial charge in [0.2, 0.25) is 5.91 Å². The number of carbonyl (C=O) groups is 2. The molecule has 2 amide bonds. The summed E-state index contributed by atoms with van der Waals surface area (Å²) in [5.41, 5.74) is 1.57. The van der Waals surface area contributed by atoms with Gasteiger partial charge in [-0.2, -0.15) is 0 Å². The molecule has 2 aliphatic rings. The molecular weight excluding hydrogens is 320 g/mol. The fraction of sp³-hybridized carbons (Fsp3) is 0.500. The van der Waals surface area contributed by atoms with E-state index in [9.17, 15) is 9.59 Å². The number of aryl methyl sites for hydroxylation is 1. The molecule has 4 rings (SSSR count). The lowest BCUT2D eigenvalue weighted by atomic mass is 9.73. The predicted molar refractivity (Wildman–Crippen MR) is 92.2 cm³/mol. The average Bonchev–Trinajstić information content (AvgIpc) is 3.20. The number of hydrogen-bond acceptors (Lipinski definition) is 4. The number of aromatic amines is 1. The van der Waals surface area contributed by atoms with Crippen molar-refractivity contribution in [1.82, 2.24) is 20.2 Å². The van der Waals surface area contributed by atoms with Crippen LogP contribution in [0, 0.1) is 18.3 Å². The predicted octanol–water partition coefficient (Wildman–Crippen LogP) is 1.10. The van der Waals surface area contributed by atoms with Gasteiger partial charge in [-0.25, -0.2) is 4.98 Å². The highest BCUT2D eigenvalue weighted by Gasteiger charge is 2.54. The molecule has 0 aliphatic carbocycles. The van der Waals surface area contributed by atoms with E-state index in [2.05, 4.69) is 15.3 Å². The molecule has 7 heteroatoms. The number of amides is 2. The van der Waals surface area contributed by atoms with Crippen LogP contribution in [-0.2, 0) is 9.53 Å². The van der Waals surface area contributed by atoms with E-state index in [1.165, 1.54) is 0 Å². The molecule has 2 saturated heterocycles. The Morgan fingerprint density at radius 2 is 2.28 bits per heavy atom. The maximum absolute atomic E-state index is 13.2. The van der Waals surface area contributed by atoms with Crippen LogP contribution in [0.3, 0.4) is 0 Å². The van der Waals surface area contributed by atoms with E-state index in [1.54, 1.807) is 18.0 Å². The van der Waals surface area contributed by atoms with Gasteiger partial charge in [0, 0.05) is 32.7 Å². The van der Waals surface area contributed by atoms with E-state index in [4.69, 9.17) is 4.74 Å². The van der Waals surface area contributed by atoms with Crippen LogP contribution in [0.5, 0.6) is 0 Å². The molecule has 3 heterocycles. The van der Waals surface area contributed by atoms with Gasteiger partial charge in [-0.05, 0) is 25.5 Å². The SMILES string of the molecule is CNC(=O)[C@]12CCOC[C@H]1CN(C(=O)c1cccc3[nH]c(C)nc13)C2. The summed E-state index contributed by atoms with van der Waals surface area (Å²) in [7, 11) is 1.65. The summed E-state index contributed by atoms with van der Waals surface area (Å²) < 4.78 is 5.58. The molecule has 2 atom stereocenters. The van der Waals surface area contributed by atoms with Crippen LogP contribution >= 0.6 is 0 Å². The molecule has 0 saturated carbocycles. The molecular formula is C18H22N4O3. The zero-order valence-electron chi connectivity index (χ0n) is 14.5. The van der Waals surface area contributed by atoms with Gasteiger partial charge in [-0.15, -0.1) is 0 Å². The molecule has 2 N–H and O–H groups in total. The number of rotatable bonds is 2. The first-order valence-electron chi connectivity index (χ1n) is 8.60. The molecule has 0 unspecified atom stereocenters. The van der Waals surface area contributed by atoms with Crippen LogP contribution in [-0.4, -0.2) is 60.0 Å². The van der Waals surface area contributed by atoms with E-state index >= 15 is 0 Å². The van der Waals surface area contributed by atoms with Crippen molar-refractivity contribution in [1.29, 1.82) is 0 Å². The Labute approximate surface area is 145 Å². The highest BCUT2D eigenvalue weighted by atomic mass is 16.5. The summed E-state index contributed by atoms with van der Waals surface area (Å²) in [6, 6.07) is 5.57. The molecule has 25 heavy (non-hydrogen) atoms. The third kappa shape index (κ3) is 2.41. The van der Waals surface area contributed by atoms with Gasteiger partial charge in [0.1, 0.15) is 11.3 Å².